The molecule has 2 aromatic rings. The minimum Gasteiger partial charge on any atom is -0.384 e. The summed E-state index contributed by atoms with van der Waals surface area (Å²) in [5.41, 5.74) is 1.31. The van der Waals surface area contributed by atoms with Crippen molar-refractivity contribution in [3.63, 3.8) is 0 Å². The van der Waals surface area contributed by atoms with Crippen LogP contribution in [0.25, 0.3) is 0 Å². The Balaban J connectivity index is 2.03. The molecule has 0 aliphatic rings. The number of aliphatic hydroxyl groups excluding tert-OH is 1. The molecule has 1 heterocycles. The van der Waals surface area contributed by atoms with Gasteiger partial charge < -0.3 is 10.4 Å². The second-order valence-electron chi connectivity index (χ2n) is 4.24. The zero-order valence-corrected chi connectivity index (χ0v) is 11.1. The Morgan fingerprint density at radius 3 is 2.90 bits per heavy atom. The van der Waals surface area contributed by atoms with Gasteiger partial charge in [-0.1, -0.05) is 17.9 Å². The van der Waals surface area contributed by atoms with Gasteiger partial charge in [-0.3, -0.25) is 9.78 Å². The van der Waals surface area contributed by atoms with Gasteiger partial charge in [-0.15, -0.1) is 0 Å². The number of aliphatic hydroxyl groups is 1. The first-order valence-electron chi connectivity index (χ1n) is 6.27. The Bertz CT molecular complexity index is 690. The number of rotatable bonds is 3. The summed E-state index contributed by atoms with van der Waals surface area (Å²) >= 11 is 0. The number of amides is 1. The van der Waals surface area contributed by atoms with E-state index in [0.29, 0.717) is 5.69 Å². The molecular weight excluding hydrogens is 271 g/mol. The van der Waals surface area contributed by atoms with E-state index in [1.165, 1.54) is 12.1 Å². The Kier molecular flexibility index (Phi) is 5.02. The van der Waals surface area contributed by atoms with E-state index in [1.807, 2.05) is 0 Å². The molecule has 21 heavy (non-hydrogen) atoms. The lowest BCUT2D eigenvalue weighted by molar-refractivity contribution is -0.115. The smallest absolute Gasteiger partial charge is 0.228 e. The van der Waals surface area contributed by atoms with E-state index in [0.717, 1.165) is 5.56 Å². The number of hydrogen-bond donors (Lipinski definition) is 2. The lowest BCUT2D eigenvalue weighted by Crippen LogP contribution is -2.14. The van der Waals surface area contributed by atoms with Gasteiger partial charge in [-0.2, -0.15) is 0 Å². The van der Waals surface area contributed by atoms with Crippen molar-refractivity contribution < 1.29 is 14.3 Å². The number of halogens is 1. The number of carbonyl (C=O) groups excluding carboxylic acids is 1. The molecule has 0 aliphatic carbocycles. The summed E-state index contributed by atoms with van der Waals surface area (Å²) < 4.78 is 13.7. The summed E-state index contributed by atoms with van der Waals surface area (Å²) in [6.45, 7) is -0.330. The fourth-order valence-electron chi connectivity index (χ4n) is 1.72. The number of aromatic nitrogens is 1. The summed E-state index contributed by atoms with van der Waals surface area (Å²) in [5, 5.41) is 11.2. The van der Waals surface area contributed by atoms with E-state index in [4.69, 9.17) is 5.11 Å². The van der Waals surface area contributed by atoms with Crippen LogP contribution in [0.15, 0.2) is 42.7 Å². The maximum Gasteiger partial charge on any atom is 0.228 e. The van der Waals surface area contributed by atoms with Gasteiger partial charge in [-0.05, 0) is 29.8 Å². The second kappa shape index (κ2) is 7.17. The maximum atomic E-state index is 13.7. The number of nitrogens with zero attached hydrogens (tertiary/aromatic N) is 1. The van der Waals surface area contributed by atoms with Gasteiger partial charge in [0.2, 0.25) is 5.91 Å². The third kappa shape index (κ3) is 4.41. The van der Waals surface area contributed by atoms with Gasteiger partial charge in [0.15, 0.2) is 0 Å². The first-order valence-corrected chi connectivity index (χ1v) is 6.27. The van der Waals surface area contributed by atoms with Crippen LogP contribution >= 0.6 is 0 Å². The number of pyridine rings is 1. The molecule has 0 aliphatic heterocycles. The lowest BCUT2D eigenvalue weighted by Gasteiger charge is -2.06. The topological polar surface area (TPSA) is 62.2 Å². The molecule has 0 radical (unpaired) electrons. The van der Waals surface area contributed by atoms with Crippen molar-refractivity contribution in [1.29, 1.82) is 0 Å². The predicted molar refractivity (Wildman–Crippen MR) is 76.9 cm³/mol. The van der Waals surface area contributed by atoms with Gasteiger partial charge >= 0.3 is 0 Å². The first-order chi connectivity index (χ1) is 10.2. The molecule has 0 saturated carbocycles. The summed E-state index contributed by atoms with van der Waals surface area (Å²) in [5.74, 6) is 4.06. The van der Waals surface area contributed by atoms with Crippen LogP contribution in [-0.2, 0) is 11.2 Å². The van der Waals surface area contributed by atoms with E-state index in [9.17, 15) is 9.18 Å². The van der Waals surface area contributed by atoms with Crippen LogP contribution < -0.4 is 5.32 Å². The molecule has 0 unspecified atom stereocenters. The SMILES string of the molecule is O=C(Cc1cccnc1)Nc1ccc(C#CCO)c(F)c1. The van der Waals surface area contributed by atoms with Crippen molar-refractivity contribution >= 4 is 11.6 Å². The summed E-state index contributed by atoms with van der Waals surface area (Å²) in [6, 6.07) is 7.75. The molecule has 0 fully saturated rings. The Morgan fingerprint density at radius 1 is 1.38 bits per heavy atom. The Labute approximate surface area is 121 Å². The highest BCUT2D eigenvalue weighted by Crippen LogP contribution is 2.14. The zero-order valence-electron chi connectivity index (χ0n) is 11.1. The highest BCUT2D eigenvalue weighted by molar-refractivity contribution is 5.92. The zero-order chi connectivity index (χ0) is 15.1. The van der Waals surface area contributed by atoms with E-state index < -0.39 is 5.82 Å². The number of anilines is 1. The standard InChI is InChI=1S/C16H13FN2O2/c17-15-10-14(6-5-13(15)4-2-8-20)19-16(21)9-12-3-1-7-18-11-12/h1,3,5-7,10-11,20H,8-9H2,(H,19,21). The molecule has 0 bridgehead atoms. The second-order valence-corrected chi connectivity index (χ2v) is 4.24. The predicted octanol–water partition coefficient (Wildman–Crippen LogP) is 1.75. The maximum absolute atomic E-state index is 13.7. The van der Waals surface area contributed by atoms with Crippen LogP contribution in [0.5, 0.6) is 0 Å². The third-order valence-corrected chi connectivity index (χ3v) is 2.64. The summed E-state index contributed by atoms with van der Waals surface area (Å²) in [4.78, 5) is 15.8. The van der Waals surface area contributed by atoms with Crippen molar-refractivity contribution in [2.24, 2.45) is 0 Å². The highest BCUT2D eigenvalue weighted by Gasteiger charge is 2.06. The quantitative estimate of drug-likeness (QED) is 0.844. The van der Waals surface area contributed by atoms with Crippen LogP contribution in [0, 0.1) is 17.7 Å². The molecule has 0 spiro atoms. The molecule has 1 amide bonds. The van der Waals surface area contributed by atoms with Gasteiger partial charge in [-0.25, -0.2) is 4.39 Å². The van der Waals surface area contributed by atoms with E-state index in [1.54, 1.807) is 30.6 Å². The summed E-state index contributed by atoms with van der Waals surface area (Å²) in [7, 11) is 0. The minimum atomic E-state index is -0.546. The highest BCUT2D eigenvalue weighted by atomic mass is 19.1. The van der Waals surface area contributed by atoms with Crippen molar-refractivity contribution in [2.75, 3.05) is 11.9 Å². The Hall–Kier alpha value is -2.71. The normalized spacial score (nSPS) is 9.62. The number of benzene rings is 1. The van der Waals surface area contributed by atoms with Crippen LogP contribution in [-0.4, -0.2) is 22.6 Å². The van der Waals surface area contributed by atoms with Gasteiger partial charge in [0.25, 0.3) is 0 Å². The van der Waals surface area contributed by atoms with Crippen molar-refractivity contribution in [1.82, 2.24) is 4.98 Å². The fraction of sp³-hybridized carbons (Fsp3) is 0.125. The summed E-state index contributed by atoms with van der Waals surface area (Å²) in [6.07, 6.45) is 3.40. The molecule has 0 atom stereocenters. The van der Waals surface area contributed by atoms with Gasteiger partial charge in [0.1, 0.15) is 12.4 Å². The van der Waals surface area contributed by atoms with Crippen LogP contribution in [0.3, 0.4) is 0 Å². The molecule has 1 aromatic heterocycles. The first kappa shape index (κ1) is 14.7. The molecule has 1 aromatic carbocycles. The van der Waals surface area contributed by atoms with Crippen LogP contribution in [0.1, 0.15) is 11.1 Å². The van der Waals surface area contributed by atoms with Crippen molar-refractivity contribution in [3.05, 3.63) is 59.7 Å². The molecule has 2 rings (SSSR count). The molecule has 2 N–H and O–H groups in total. The van der Waals surface area contributed by atoms with Gasteiger partial charge in [0, 0.05) is 18.1 Å². The lowest BCUT2D eigenvalue weighted by atomic mass is 10.1. The number of nitrogens with one attached hydrogen (secondary N) is 1. The molecule has 0 saturated heterocycles. The number of carbonyl (C=O) groups is 1. The van der Waals surface area contributed by atoms with Crippen LogP contribution in [0.2, 0.25) is 0 Å². The fourth-order valence-corrected chi connectivity index (χ4v) is 1.72. The molecule has 5 heteroatoms. The van der Waals surface area contributed by atoms with Crippen LogP contribution in [0.4, 0.5) is 10.1 Å². The number of hydrogen-bond acceptors (Lipinski definition) is 3. The molecule has 4 nitrogen and oxygen atoms in total. The van der Waals surface area contributed by atoms with E-state index in [2.05, 4.69) is 22.1 Å². The minimum absolute atomic E-state index is 0.168. The monoisotopic (exact) mass is 284 g/mol. The Morgan fingerprint density at radius 2 is 2.24 bits per heavy atom. The molecule has 106 valence electrons. The van der Waals surface area contributed by atoms with E-state index >= 15 is 0 Å². The van der Waals surface area contributed by atoms with E-state index in [-0.39, 0.29) is 24.5 Å². The van der Waals surface area contributed by atoms with Crippen molar-refractivity contribution in [2.45, 2.75) is 6.42 Å². The van der Waals surface area contributed by atoms with Crippen molar-refractivity contribution in [3.8, 4) is 11.8 Å². The molecular formula is C16H13FN2O2. The largest absolute Gasteiger partial charge is 0.384 e. The van der Waals surface area contributed by atoms with Gasteiger partial charge in [0.05, 0.1) is 12.0 Å². The third-order valence-electron chi connectivity index (χ3n) is 2.64. The average molecular weight is 284 g/mol. The average Bonchev–Trinajstić information content (AvgIpc) is 2.47.